The lowest BCUT2D eigenvalue weighted by atomic mass is 9.79. The van der Waals surface area contributed by atoms with E-state index in [0.29, 0.717) is 24.2 Å². The van der Waals surface area contributed by atoms with Crippen LogP contribution in [0.3, 0.4) is 0 Å². The van der Waals surface area contributed by atoms with E-state index in [0.717, 1.165) is 16.7 Å². The normalized spacial score (nSPS) is 17.8. The number of nitrogens with one attached hydrogen (secondary N) is 1. The molecule has 10 nitrogen and oxygen atoms in total. The molecule has 1 unspecified atom stereocenters. The summed E-state index contributed by atoms with van der Waals surface area (Å²) in [7, 11) is 0. The van der Waals surface area contributed by atoms with Crippen LogP contribution in [-0.2, 0) is 19.9 Å². The number of nitrogens with zero attached hydrogens (tertiary/aromatic N) is 3. The fourth-order valence-electron chi connectivity index (χ4n) is 5.87. The number of carbonyl (C=O) groups excluding carboxylic acids is 1. The smallest absolute Gasteiger partial charge is 0.280 e. The summed E-state index contributed by atoms with van der Waals surface area (Å²) in [5.41, 5.74) is 14.1. The Morgan fingerprint density at radius 1 is 0.977 bits per heavy atom. The van der Waals surface area contributed by atoms with Gasteiger partial charge in [0.25, 0.3) is 5.56 Å². The minimum Gasteiger partial charge on any atom is -0.399 e. The minimum absolute atomic E-state index is 0.0115. The van der Waals surface area contributed by atoms with Crippen LogP contribution < -0.4 is 17.0 Å². The first-order valence-electron chi connectivity index (χ1n) is 14.3. The Bertz CT molecular complexity index is 1760. The molecule has 3 atom stereocenters. The fourth-order valence-corrected chi connectivity index (χ4v) is 5.87. The van der Waals surface area contributed by atoms with Crippen molar-refractivity contribution in [2.24, 2.45) is 5.92 Å². The monoisotopic (exact) mass is 578 g/mol. The Labute approximate surface area is 248 Å². The van der Waals surface area contributed by atoms with Gasteiger partial charge in [0.1, 0.15) is 17.9 Å². The molecule has 5 N–H and O–H groups in total. The van der Waals surface area contributed by atoms with Gasteiger partial charge in [-0.3, -0.25) is 19.1 Å². The van der Waals surface area contributed by atoms with E-state index in [1.165, 1.54) is 6.33 Å². The highest BCUT2D eigenvalue weighted by Crippen LogP contribution is 2.44. The zero-order valence-corrected chi connectivity index (χ0v) is 24.0. The largest absolute Gasteiger partial charge is 0.399 e. The maximum Gasteiger partial charge on any atom is 0.280 e. The van der Waals surface area contributed by atoms with Crippen molar-refractivity contribution >= 4 is 28.6 Å². The number of ketones is 1. The molecule has 3 heterocycles. The van der Waals surface area contributed by atoms with Gasteiger partial charge in [0.2, 0.25) is 5.95 Å². The van der Waals surface area contributed by atoms with Gasteiger partial charge in [-0.25, -0.2) is 4.98 Å². The molecule has 0 amide bonds. The number of anilines is 2. The second kappa shape index (κ2) is 11.5. The van der Waals surface area contributed by atoms with Crippen LogP contribution in [0.4, 0.5) is 11.6 Å². The van der Waals surface area contributed by atoms with Crippen LogP contribution in [0.25, 0.3) is 11.2 Å². The van der Waals surface area contributed by atoms with Gasteiger partial charge >= 0.3 is 0 Å². The van der Waals surface area contributed by atoms with Gasteiger partial charge in [0.15, 0.2) is 16.9 Å². The van der Waals surface area contributed by atoms with Gasteiger partial charge in [-0.1, -0.05) is 86.6 Å². The van der Waals surface area contributed by atoms with Gasteiger partial charge in [-0.15, -0.1) is 0 Å². The SMILES string of the molecule is CC(C)C(=O)C(OC(c1ccccc1)(c1ccccc1)c1cccc(N)c1)[C@@H]1CC[C@H](n2cnc3c(=O)[nH]c(N)nc32)O1. The van der Waals surface area contributed by atoms with Crippen molar-refractivity contribution in [1.82, 2.24) is 19.5 Å². The molecule has 0 saturated carbocycles. The van der Waals surface area contributed by atoms with Gasteiger partial charge in [-0.05, 0) is 41.7 Å². The average molecular weight is 579 g/mol. The van der Waals surface area contributed by atoms with Gasteiger partial charge in [0.05, 0.1) is 12.4 Å². The van der Waals surface area contributed by atoms with E-state index in [4.69, 9.17) is 20.9 Å². The molecule has 1 fully saturated rings. The van der Waals surface area contributed by atoms with Crippen LogP contribution in [-0.4, -0.2) is 37.5 Å². The summed E-state index contributed by atoms with van der Waals surface area (Å²) in [6.07, 6.45) is 0.544. The molecular formula is C33H34N6O4. The summed E-state index contributed by atoms with van der Waals surface area (Å²) < 4.78 is 15.5. The second-order valence-electron chi connectivity index (χ2n) is 11.1. The number of fused-ring (bicyclic) bond motifs is 1. The molecule has 1 saturated heterocycles. The highest BCUT2D eigenvalue weighted by Gasteiger charge is 2.46. The molecule has 2 aromatic heterocycles. The lowest BCUT2D eigenvalue weighted by Gasteiger charge is -2.40. The topological polar surface area (TPSA) is 151 Å². The summed E-state index contributed by atoms with van der Waals surface area (Å²) in [6.45, 7) is 3.72. The quantitative estimate of drug-likeness (QED) is 0.170. The highest BCUT2D eigenvalue weighted by atomic mass is 16.6. The summed E-state index contributed by atoms with van der Waals surface area (Å²) >= 11 is 0. The lowest BCUT2D eigenvalue weighted by molar-refractivity contribution is -0.161. The van der Waals surface area contributed by atoms with Crippen molar-refractivity contribution < 1.29 is 14.3 Å². The zero-order valence-electron chi connectivity index (χ0n) is 24.0. The van der Waals surface area contributed by atoms with Crippen molar-refractivity contribution in [3.05, 3.63) is 118 Å². The average Bonchev–Trinajstić information content (AvgIpc) is 3.66. The number of imidazole rings is 1. The number of H-pyrrole nitrogens is 1. The van der Waals surface area contributed by atoms with E-state index in [9.17, 15) is 9.59 Å². The summed E-state index contributed by atoms with van der Waals surface area (Å²) in [6, 6.07) is 27.3. The predicted octanol–water partition coefficient (Wildman–Crippen LogP) is 4.56. The lowest BCUT2D eigenvalue weighted by Crippen LogP contribution is -2.46. The van der Waals surface area contributed by atoms with E-state index < -0.39 is 29.6 Å². The first-order chi connectivity index (χ1) is 20.8. The van der Waals surface area contributed by atoms with Crippen LogP contribution in [0.15, 0.2) is 96.1 Å². The van der Waals surface area contributed by atoms with Crippen molar-refractivity contribution in [3.63, 3.8) is 0 Å². The Morgan fingerprint density at radius 2 is 1.63 bits per heavy atom. The minimum atomic E-state index is -1.18. The van der Waals surface area contributed by atoms with Gasteiger partial charge in [-0.2, -0.15) is 4.98 Å². The number of rotatable bonds is 9. The molecular weight excluding hydrogens is 544 g/mol. The third kappa shape index (κ3) is 5.19. The Kier molecular flexibility index (Phi) is 7.55. The standard InChI is InChI=1S/C33H34N6O4/c1-20(2)28(40)29(25-16-17-26(42-25)39-19-36-27-30(39)37-32(35)38-31(27)41)43-33(21-10-5-3-6-11-21,22-12-7-4-8-13-22)23-14-9-15-24(34)18-23/h3-15,18-20,25-26,29H,16-17,34H2,1-2H3,(H3,35,37,38,41)/t25-,26+,29?/m0/s1. The third-order valence-electron chi connectivity index (χ3n) is 7.94. The molecule has 0 radical (unpaired) electrons. The summed E-state index contributed by atoms with van der Waals surface area (Å²) in [5, 5.41) is 0. The van der Waals surface area contributed by atoms with E-state index in [2.05, 4.69) is 15.0 Å². The summed E-state index contributed by atoms with van der Waals surface area (Å²) in [5.74, 6) is -0.422. The molecule has 1 aliphatic heterocycles. The fraction of sp³-hybridized carbons (Fsp3) is 0.273. The number of aromatic nitrogens is 4. The van der Waals surface area contributed by atoms with Crippen molar-refractivity contribution in [2.75, 3.05) is 11.5 Å². The predicted molar refractivity (Wildman–Crippen MR) is 164 cm³/mol. The number of nitrogen functional groups attached to an aromatic ring is 2. The number of nitrogens with two attached hydrogens (primary N) is 2. The van der Waals surface area contributed by atoms with Crippen LogP contribution >= 0.6 is 0 Å². The van der Waals surface area contributed by atoms with E-state index >= 15 is 0 Å². The molecule has 43 heavy (non-hydrogen) atoms. The number of Topliss-reactive ketones (excluding diaryl/α,β-unsaturated/α-hetero) is 1. The molecule has 6 rings (SSSR count). The number of benzene rings is 3. The number of hydrogen-bond donors (Lipinski definition) is 3. The Balaban J connectivity index is 1.46. The molecule has 1 aliphatic rings. The third-order valence-corrected chi connectivity index (χ3v) is 7.94. The molecule has 10 heteroatoms. The van der Waals surface area contributed by atoms with Crippen LogP contribution in [0.5, 0.6) is 0 Å². The Hall–Kier alpha value is -4.80. The first kappa shape index (κ1) is 28.3. The maximum atomic E-state index is 14.0. The van der Waals surface area contributed by atoms with Crippen LogP contribution in [0.2, 0.25) is 0 Å². The van der Waals surface area contributed by atoms with Crippen molar-refractivity contribution in [2.45, 2.75) is 50.7 Å². The molecule has 5 aromatic rings. The molecule has 0 aliphatic carbocycles. The molecule has 220 valence electrons. The van der Waals surface area contributed by atoms with Gasteiger partial charge < -0.3 is 20.9 Å². The maximum absolute atomic E-state index is 14.0. The first-order valence-corrected chi connectivity index (χ1v) is 14.3. The van der Waals surface area contributed by atoms with Crippen molar-refractivity contribution in [1.29, 1.82) is 0 Å². The zero-order chi connectivity index (χ0) is 30.1. The highest BCUT2D eigenvalue weighted by molar-refractivity contribution is 5.85. The van der Waals surface area contributed by atoms with Crippen LogP contribution in [0.1, 0.15) is 49.6 Å². The number of hydrogen-bond acceptors (Lipinski definition) is 8. The molecule has 0 bridgehead atoms. The van der Waals surface area contributed by atoms with Crippen molar-refractivity contribution in [3.8, 4) is 0 Å². The molecule has 3 aromatic carbocycles. The van der Waals surface area contributed by atoms with Crippen LogP contribution in [0, 0.1) is 5.92 Å². The Morgan fingerprint density at radius 3 is 2.26 bits per heavy atom. The van der Waals surface area contributed by atoms with E-state index in [-0.39, 0.29) is 23.2 Å². The number of ether oxygens (including phenoxy) is 2. The van der Waals surface area contributed by atoms with E-state index in [1.54, 1.807) is 4.57 Å². The number of carbonyl (C=O) groups is 1. The second-order valence-corrected chi connectivity index (χ2v) is 11.1. The summed E-state index contributed by atoms with van der Waals surface area (Å²) in [4.78, 5) is 37.4. The molecule has 0 spiro atoms. The van der Waals surface area contributed by atoms with E-state index in [1.807, 2.05) is 98.8 Å². The number of aromatic amines is 1. The van der Waals surface area contributed by atoms with Gasteiger partial charge in [0, 0.05) is 11.6 Å².